The molecule has 0 saturated heterocycles. The van der Waals surface area contributed by atoms with Crippen LogP contribution in [0.4, 0.5) is 5.13 Å². The summed E-state index contributed by atoms with van der Waals surface area (Å²) in [6, 6.07) is 12.9. The van der Waals surface area contributed by atoms with Gasteiger partial charge in [-0.3, -0.25) is 19.3 Å². The molecule has 4 heterocycles. The van der Waals surface area contributed by atoms with E-state index >= 15 is 0 Å². The van der Waals surface area contributed by atoms with E-state index in [9.17, 15) is 9.59 Å². The minimum Gasteiger partial charge on any atom is -0.324 e. The predicted molar refractivity (Wildman–Crippen MR) is 110 cm³/mol. The number of hydrogen-bond acceptors (Lipinski definition) is 5. The second kappa shape index (κ2) is 6.00. The maximum Gasteiger partial charge on any atom is 0.274 e. The van der Waals surface area contributed by atoms with Crippen LogP contribution in [0.15, 0.2) is 53.5 Å². The molecule has 0 saturated carbocycles. The monoisotopic (exact) mass is 389 g/mol. The first kappa shape index (κ1) is 16.6. The summed E-state index contributed by atoms with van der Waals surface area (Å²) in [5.74, 6) is -0.329. The average molecular weight is 389 g/mol. The van der Waals surface area contributed by atoms with Crippen molar-refractivity contribution in [3.63, 3.8) is 0 Å². The number of thiazole rings is 1. The highest BCUT2D eigenvalue weighted by molar-refractivity contribution is 7.22. The fraction of sp³-hybridized carbons (Fsp3) is 0.100. The van der Waals surface area contributed by atoms with Crippen molar-refractivity contribution in [2.75, 3.05) is 5.32 Å². The fourth-order valence-corrected chi connectivity index (χ4v) is 4.24. The number of rotatable bonds is 2. The Kier molecular flexibility index (Phi) is 3.56. The summed E-state index contributed by atoms with van der Waals surface area (Å²) in [6.45, 7) is 2.02. The van der Waals surface area contributed by atoms with Gasteiger partial charge in [0.1, 0.15) is 17.0 Å². The van der Waals surface area contributed by atoms with E-state index in [1.165, 1.54) is 15.7 Å². The van der Waals surface area contributed by atoms with E-state index in [1.54, 1.807) is 36.0 Å². The third-order valence-electron chi connectivity index (χ3n) is 4.71. The second-order valence-corrected chi connectivity index (χ2v) is 7.65. The highest BCUT2D eigenvalue weighted by Gasteiger charge is 2.18. The average Bonchev–Trinajstić information content (AvgIpc) is 3.22. The molecule has 8 heteroatoms. The fourth-order valence-electron chi connectivity index (χ4n) is 3.28. The summed E-state index contributed by atoms with van der Waals surface area (Å²) in [5, 5.41) is 3.76. The number of aromatic nitrogens is 4. The van der Waals surface area contributed by atoms with Crippen molar-refractivity contribution < 1.29 is 4.79 Å². The molecule has 0 aliphatic carbocycles. The number of fused-ring (bicyclic) bond motifs is 3. The van der Waals surface area contributed by atoms with Gasteiger partial charge in [0.2, 0.25) is 0 Å². The minimum absolute atomic E-state index is 0.203. The molecule has 0 bridgehead atoms. The normalized spacial score (nSPS) is 11.5. The number of anilines is 1. The molecule has 1 aromatic carbocycles. The topological polar surface area (TPSA) is 81.3 Å². The van der Waals surface area contributed by atoms with E-state index in [0.29, 0.717) is 27.5 Å². The van der Waals surface area contributed by atoms with Crippen LogP contribution in [0.5, 0.6) is 0 Å². The summed E-state index contributed by atoms with van der Waals surface area (Å²) >= 11 is 1.42. The molecule has 0 aliphatic heterocycles. The van der Waals surface area contributed by atoms with Crippen LogP contribution in [0.25, 0.3) is 26.9 Å². The van der Waals surface area contributed by atoms with E-state index in [0.717, 1.165) is 15.8 Å². The summed E-state index contributed by atoms with van der Waals surface area (Å²) < 4.78 is 4.12. The summed E-state index contributed by atoms with van der Waals surface area (Å²) in [5.41, 5.74) is 3.14. The van der Waals surface area contributed by atoms with Crippen LogP contribution in [0, 0.1) is 6.92 Å². The van der Waals surface area contributed by atoms with Crippen molar-refractivity contribution in [1.82, 2.24) is 18.9 Å². The van der Waals surface area contributed by atoms with Gasteiger partial charge in [-0.05, 0) is 42.8 Å². The molecule has 0 radical (unpaired) electrons. The van der Waals surface area contributed by atoms with Gasteiger partial charge in [-0.2, -0.15) is 0 Å². The molecule has 0 atom stereocenters. The first-order valence-electron chi connectivity index (χ1n) is 8.66. The molecule has 0 aliphatic rings. The number of pyridine rings is 1. The van der Waals surface area contributed by atoms with Crippen LogP contribution >= 0.6 is 11.3 Å². The molecule has 138 valence electrons. The molecule has 5 rings (SSSR count). The summed E-state index contributed by atoms with van der Waals surface area (Å²) in [7, 11) is 1.73. The van der Waals surface area contributed by atoms with Crippen molar-refractivity contribution in [3.8, 4) is 0 Å². The van der Waals surface area contributed by atoms with Gasteiger partial charge in [0, 0.05) is 13.2 Å². The predicted octanol–water partition coefficient (Wildman–Crippen LogP) is 3.36. The number of carbonyl (C=O) groups excluding carboxylic acids is 1. The minimum atomic E-state index is -0.329. The Hall–Kier alpha value is -3.52. The lowest BCUT2D eigenvalue weighted by Gasteiger charge is -2.04. The Labute approximate surface area is 162 Å². The molecule has 1 amide bonds. The van der Waals surface area contributed by atoms with E-state index in [1.807, 2.05) is 31.2 Å². The molecular formula is C20H15N5O2S. The number of amides is 1. The first-order chi connectivity index (χ1) is 13.5. The first-order valence-corrected chi connectivity index (χ1v) is 9.48. The van der Waals surface area contributed by atoms with Gasteiger partial charge in [-0.15, -0.1) is 0 Å². The van der Waals surface area contributed by atoms with Gasteiger partial charge in [0.15, 0.2) is 5.13 Å². The molecule has 0 spiro atoms. The molecule has 4 aromatic heterocycles. The molecule has 0 unspecified atom stereocenters. The molecular weight excluding hydrogens is 374 g/mol. The van der Waals surface area contributed by atoms with E-state index in [-0.39, 0.29) is 11.5 Å². The Morgan fingerprint density at radius 3 is 2.86 bits per heavy atom. The number of nitrogens with one attached hydrogen (secondary N) is 1. The number of hydrogen-bond donors (Lipinski definition) is 1. The van der Waals surface area contributed by atoms with Crippen molar-refractivity contribution in [1.29, 1.82) is 0 Å². The lowest BCUT2D eigenvalue weighted by Crippen LogP contribution is -2.15. The molecule has 1 N–H and O–H groups in total. The highest BCUT2D eigenvalue weighted by atomic mass is 32.1. The maximum absolute atomic E-state index is 12.9. The van der Waals surface area contributed by atoms with Crippen LogP contribution < -0.4 is 10.9 Å². The third kappa shape index (κ3) is 2.49. The zero-order valence-electron chi connectivity index (χ0n) is 15.1. The van der Waals surface area contributed by atoms with Gasteiger partial charge in [0.05, 0.1) is 15.6 Å². The van der Waals surface area contributed by atoms with Crippen molar-refractivity contribution in [2.24, 2.45) is 7.05 Å². The molecule has 7 nitrogen and oxygen atoms in total. The second-order valence-electron chi connectivity index (χ2n) is 6.62. The Morgan fingerprint density at radius 1 is 1.14 bits per heavy atom. The van der Waals surface area contributed by atoms with Crippen molar-refractivity contribution in [2.45, 2.75) is 6.92 Å². The SMILES string of the molecule is Cc1ccc2nc(NC(=O)c3cc4c(=O)n5ccccc5nc4n3C)sc2c1. The third-order valence-corrected chi connectivity index (χ3v) is 5.64. The maximum atomic E-state index is 12.9. The van der Waals surface area contributed by atoms with Gasteiger partial charge >= 0.3 is 0 Å². The van der Waals surface area contributed by atoms with Gasteiger partial charge in [-0.1, -0.05) is 23.5 Å². The van der Waals surface area contributed by atoms with Gasteiger partial charge < -0.3 is 4.57 Å². The zero-order valence-corrected chi connectivity index (χ0v) is 15.9. The quantitative estimate of drug-likeness (QED) is 0.502. The summed E-state index contributed by atoms with van der Waals surface area (Å²) in [4.78, 5) is 34.6. The van der Waals surface area contributed by atoms with Crippen LogP contribution in [0.3, 0.4) is 0 Å². The van der Waals surface area contributed by atoms with E-state index in [2.05, 4.69) is 15.3 Å². The Bertz CT molecular complexity index is 1460. The molecule has 28 heavy (non-hydrogen) atoms. The summed E-state index contributed by atoms with van der Waals surface area (Å²) in [6.07, 6.45) is 1.67. The van der Waals surface area contributed by atoms with Crippen LogP contribution in [-0.4, -0.2) is 24.8 Å². The zero-order chi connectivity index (χ0) is 19.4. The Morgan fingerprint density at radius 2 is 2.00 bits per heavy atom. The van der Waals surface area contributed by atoms with Crippen molar-refractivity contribution in [3.05, 3.63) is 70.3 Å². The van der Waals surface area contributed by atoms with Crippen molar-refractivity contribution >= 4 is 49.3 Å². The smallest absolute Gasteiger partial charge is 0.274 e. The lowest BCUT2D eigenvalue weighted by molar-refractivity contribution is 0.101. The number of carbonyl (C=O) groups is 1. The standard InChI is InChI=1S/C20H15N5O2S/c1-11-6-7-13-15(9-11)28-20(21-13)23-18(26)14-10-12-17(24(14)2)22-16-5-3-4-8-25(16)19(12)27/h3-10H,1-2H3,(H,21,23,26). The van der Waals surface area contributed by atoms with E-state index in [4.69, 9.17) is 0 Å². The number of aryl methyl sites for hydroxylation is 2. The molecule has 0 fully saturated rings. The largest absolute Gasteiger partial charge is 0.324 e. The van der Waals surface area contributed by atoms with Crippen LogP contribution in [0.2, 0.25) is 0 Å². The van der Waals surface area contributed by atoms with Gasteiger partial charge in [0.25, 0.3) is 11.5 Å². The van der Waals surface area contributed by atoms with Gasteiger partial charge in [-0.25, -0.2) is 9.97 Å². The van der Waals surface area contributed by atoms with Crippen LogP contribution in [-0.2, 0) is 7.05 Å². The number of benzene rings is 1. The van der Waals surface area contributed by atoms with E-state index < -0.39 is 0 Å². The molecule has 5 aromatic rings. The lowest BCUT2D eigenvalue weighted by atomic mass is 10.2. The number of nitrogens with zero attached hydrogens (tertiary/aromatic N) is 4. The van der Waals surface area contributed by atoms with Crippen LogP contribution in [0.1, 0.15) is 16.1 Å². The highest BCUT2D eigenvalue weighted by Crippen LogP contribution is 2.27. The Balaban J connectivity index is 1.58.